The van der Waals surface area contributed by atoms with Crippen molar-refractivity contribution in [3.63, 3.8) is 0 Å². The number of carbonyl (C=O) groups excluding carboxylic acids is 1. The maximum atomic E-state index is 12.1. The highest BCUT2D eigenvalue weighted by atomic mass is 35.5. The number of halogens is 1. The molecule has 2 unspecified atom stereocenters. The molecule has 0 aliphatic carbocycles. The highest BCUT2D eigenvalue weighted by Crippen LogP contribution is 2.27. The number of aliphatic imine (C=N–C) groups is 1. The summed E-state index contributed by atoms with van der Waals surface area (Å²) in [4.78, 5) is 22.5. The quantitative estimate of drug-likeness (QED) is 0.484. The van der Waals surface area contributed by atoms with Crippen molar-refractivity contribution in [3.05, 3.63) is 11.5 Å². The van der Waals surface area contributed by atoms with Crippen LogP contribution in [-0.4, -0.2) is 96.8 Å². The fraction of sp³-hybridized carbons (Fsp3) is 0.778. The van der Waals surface area contributed by atoms with Crippen LogP contribution in [-0.2, 0) is 14.2 Å². The first-order valence-electron chi connectivity index (χ1n) is 9.90. The zero-order valence-electron chi connectivity index (χ0n) is 17.3. The summed E-state index contributed by atoms with van der Waals surface area (Å²) >= 11 is 6.32. The molecule has 0 spiro atoms. The van der Waals surface area contributed by atoms with E-state index in [0.717, 1.165) is 30.4 Å². The molecule has 0 saturated carbocycles. The summed E-state index contributed by atoms with van der Waals surface area (Å²) in [6, 6.07) is 0. The molecule has 1 amide bonds. The van der Waals surface area contributed by atoms with Gasteiger partial charge in [0.05, 0.1) is 32.4 Å². The van der Waals surface area contributed by atoms with Crippen LogP contribution >= 0.6 is 11.6 Å². The molecule has 4 aliphatic heterocycles. The molecule has 2 atom stereocenters. The molecule has 10 nitrogen and oxygen atoms in total. The predicted molar refractivity (Wildman–Crippen MR) is 107 cm³/mol. The first kappa shape index (κ1) is 20.4. The molecular formula is C18H29ClN6O4. The summed E-state index contributed by atoms with van der Waals surface area (Å²) in [5.41, 5.74) is -0.168. The third kappa shape index (κ3) is 4.34. The number of alkyl halides is 1. The van der Waals surface area contributed by atoms with Gasteiger partial charge in [-0.1, -0.05) is 11.6 Å². The second-order valence-corrected chi connectivity index (χ2v) is 8.92. The first-order chi connectivity index (χ1) is 13.7. The molecule has 2 N–H and O–H groups in total. The molecule has 29 heavy (non-hydrogen) atoms. The molecule has 4 rings (SSSR count). The number of amides is 1. The zero-order chi connectivity index (χ0) is 20.8. The van der Waals surface area contributed by atoms with E-state index in [2.05, 4.69) is 20.5 Å². The number of hydrogen-bond acceptors (Lipinski definition) is 9. The molecule has 0 aromatic carbocycles. The van der Waals surface area contributed by atoms with Crippen LogP contribution in [0.1, 0.15) is 20.8 Å². The number of ether oxygens (including phenoxy) is 3. The van der Waals surface area contributed by atoms with Crippen molar-refractivity contribution in [3.8, 4) is 0 Å². The fourth-order valence-electron chi connectivity index (χ4n) is 3.57. The minimum absolute atomic E-state index is 0.0700. The van der Waals surface area contributed by atoms with Crippen LogP contribution in [0.25, 0.3) is 0 Å². The lowest BCUT2D eigenvalue weighted by Crippen LogP contribution is -2.58. The van der Waals surface area contributed by atoms with E-state index in [9.17, 15) is 4.79 Å². The van der Waals surface area contributed by atoms with E-state index in [-0.39, 0.29) is 18.5 Å². The van der Waals surface area contributed by atoms with Crippen LogP contribution in [0.15, 0.2) is 16.5 Å². The Kier molecular flexibility index (Phi) is 5.43. The average Bonchev–Trinajstić information content (AvgIpc) is 2.92. The molecular weight excluding hydrogens is 400 g/mol. The van der Waals surface area contributed by atoms with Crippen LogP contribution in [0.2, 0.25) is 0 Å². The standard InChI is InChI=1S/C18H29ClN6O4/c1-18(2,3)29-17(26)25-9-11(10-25)28-16-20-12-13(23(16)4)21-15(19)22-14(12)24-5-7-27-8-6-24/h11,15-16,20-21H,5-10H2,1-4H3. The van der Waals surface area contributed by atoms with Gasteiger partial charge in [0.2, 0.25) is 6.35 Å². The van der Waals surface area contributed by atoms with E-state index < -0.39 is 11.2 Å². The Bertz CT molecular complexity index is 712. The molecule has 0 bridgehead atoms. The van der Waals surface area contributed by atoms with Gasteiger partial charge in [0.1, 0.15) is 17.1 Å². The smallest absolute Gasteiger partial charge is 0.410 e. The van der Waals surface area contributed by atoms with Crippen molar-refractivity contribution in [2.45, 2.75) is 44.5 Å². The van der Waals surface area contributed by atoms with Gasteiger partial charge in [-0.15, -0.1) is 0 Å². The zero-order valence-corrected chi connectivity index (χ0v) is 18.0. The number of amidine groups is 1. The maximum absolute atomic E-state index is 12.1. The van der Waals surface area contributed by atoms with E-state index in [0.29, 0.717) is 26.3 Å². The Labute approximate surface area is 175 Å². The van der Waals surface area contributed by atoms with E-state index in [1.54, 1.807) is 4.90 Å². The summed E-state index contributed by atoms with van der Waals surface area (Å²) < 4.78 is 17.0. The van der Waals surface area contributed by atoms with Crippen LogP contribution in [0, 0.1) is 0 Å². The van der Waals surface area contributed by atoms with Crippen molar-refractivity contribution in [1.29, 1.82) is 0 Å². The third-order valence-corrected chi connectivity index (χ3v) is 5.26. The second-order valence-electron chi connectivity index (χ2n) is 8.51. The lowest BCUT2D eigenvalue weighted by molar-refractivity contribution is -0.133. The fourth-order valence-corrected chi connectivity index (χ4v) is 3.76. The van der Waals surface area contributed by atoms with Crippen LogP contribution < -0.4 is 10.6 Å². The highest BCUT2D eigenvalue weighted by molar-refractivity contribution is 6.21. The summed E-state index contributed by atoms with van der Waals surface area (Å²) in [6.07, 6.45) is -0.748. The van der Waals surface area contributed by atoms with E-state index in [1.807, 2.05) is 32.7 Å². The highest BCUT2D eigenvalue weighted by Gasteiger charge is 2.42. The molecule has 0 aromatic rings. The van der Waals surface area contributed by atoms with Gasteiger partial charge in [0.15, 0.2) is 11.5 Å². The van der Waals surface area contributed by atoms with Gasteiger partial charge in [-0.3, -0.25) is 0 Å². The van der Waals surface area contributed by atoms with Crippen molar-refractivity contribution in [2.24, 2.45) is 4.99 Å². The van der Waals surface area contributed by atoms with Gasteiger partial charge in [-0.25, -0.2) is 9.79 Å². The summed E-state index contributed by atoms with van der Waals surface area (Å²) in [6.45, 7) is 9.45. The number of morpholine rings is 1. The monoisotopic (exact) mass is 428 g/mol. The second kappa shape index (κ2) is 7.73. The molecule has 0 radical (unpaired) electrons. The molecule has 0 aromatic heterocycles. The van der Waals surface area contributed by atoms with E-state index >= 15 is 0 Å². The Morgan fingerprint density at radius 2 is 1.93 bits per heavy atom. The van der Waals surface area contributed by atoms with Crippen LogP contribution in [0.4, 0.5) is 4.79 Å². The maximum Gasteiger partial charge on any atom is 0.410 e. The van der Waals surface area contributed by atoms with Crippen molar-refractivity contribution in [1.82, 2.24) is 25.3 Å². The van der Waals surface area contributed by atoms with Gasteiger partial charge in [0, 0.05) is 20.1 Å². The van der Waals surface area contributed by atoms with Gasteiger partial charge >= 0.3 is 6.09 Å². The molecule has 4 heterocycles. The Balaban J connectivity index is 1.34. The van der Waals surface area contributed by atoms with Crippen LogP contribution in [0.5, 0.6) is 0 Å². The topological polar surface area (TPSA) is 90.9 Å². The first-order valence-corrected chi connectivity index (χ1v) is 10.3. The number of hydrogen-bond donors (Lipinski definition) is 2. The Morgan fingerprint density at radius 3 is 2.59 bits per heavy atom. The molecule has 2 fully saturated rings. The number of nitrogens with zero attached hydrogens (tertiary/aromatic N) is 4. The third-order valence-electron chi connectivity index (χ3n) is 5.06. The number of nitrogens with one attached hydrogen (secondary N) is 2. The number of carbonyl (C=O) groups is 1. The normalized spacial score (nSPS) is 27.8. The summed E-state index contributed by atoms with van der Waals surface area (Å²) in [5, 5.41) is 6.59. The largest absolute Gasteiger partial charge is 0.444 e. The Morgan fingerprint density at radius 1 is 1.24 bits per heavy atom. The minimum Gasteiger partial charge on any atom is -0.444 e. The Hall–Kier alpha value is -1.91. The lowest BCUT2D eigenvalue weighted by Gasteiger charge is -2.41. The summed E-state index contributed by atoms with van der Waals surface area (Å²) in [5.74, 6) is 1.68. The van der Waals surface area contributed by atoms with E-state index in [4.69, 9.17) is 25.8 Å². The van der Waals surface area contributed by atoms with Crippen molar-refractivity contribution >= 4 is 23.5 Å². The predicted octanol–water partition coefficient (Wildman–Crippen LogP) is 0.466. The lowest BCUT2D eigenvalue weighted by atomic mass is 10.2. The minimum atomic E-state index is -0.541. The van der Waals surface area contributed by atoms with E-state index in [1.165, 1.54) is 0 Å². The van der Waals surface area contributed by atoms with Crippen LogP contribution in [0.3, 0.4) is 0 Å². The average molecular weight is 429 g/mol. The SMILES string of the molecule is CN1C2=C(NC1OC1CN(C(=O)OC(C)(C)C)C1)C(N1CCOCC1)=NC(Cl)N2. The van der Waals surface area contributed by atoms with Gasteiger partial charge in [-0.2, -0.15) is 0 Å². The van der Waals surface area contributed by atoms with Gasteiger partial charge in [-0.05, 0) is 20.8 Å². The number of likely N-dealkylation sites (tertiary alicyclic amines) is 1. The molecule has 4 aliphatic rings. The number of rotatable bonds is 2. The molecule has 11 heteroatoms. The van der Waals surface area contributed by atoms with Gasteiger partial charge < -0.3 is 39.5 Å². The van der Waals surface area contributed by atoms with Gasteiger partial charge in [0.25, 0.3) is 0 Å². The van der Waals surface area contributed by atoms with Crippen molar-refractivity contribution in [2.75, 3.05) is 46.4 Å². The summed E-state index contributed by atoms with van der Waals surface area (Å²) in [7, 11) is 1.93. The molecule has 162 valence electrons. The van der Waals surface area contributed by atoms with Crippen molar-refractivity contribution < 1.29 is 19.0 Å². The molecule has 2 saturated heterocycles.